The Morgan fingerprint density at radius 1 is 0.272 bits per heavy atom. The van der Waals surface area contributed by atoms with Crippen LogP contribution in [0.25, 0.3) is 0 Å². The normalized spacial score (nSPS) is 13.2. The number of carbonyl (C=O) groups is 3. The van der Waals surface area contributed by atoms with Crippen molar-refractivity contribution in [3.05, 3.63) is 158 Å². The molecule has 6 heteroatoms. The molecule has 81 heavy (non-hydrogen) atoms. The van der Waals surface area contributed by atoms with Gasteiger partial charge < -0.3 is 14.2 Å². The number of esters is 3. The topological polar surface area (TPSA) is 78.9 Å². The summed E-state index contributed by atoms with van der Waals surface area (Å²) >= 11 is 0. The SMILES string of the molecule is CC/C=C\C/C=C\C/C=C\C/C=C\C/C=C\C/C=C\C/C=C\CCCC(=O)OC(COC(=O)C/C=C\C/C=C\C/C=C\C/C=C\C/C=C\CC)COC(=O)CCCCCCCCCCCCCCC/C=C\CCCCCCCCCC. The van der Waals surface area contributed by atoms with Gasteiger partial charge in [0, 0.05) is 12.8 Å². The van der Waals surface area contributed by atoms with Crippen molar-refractivity contribution in [2.75, 3.05) is 13.2 Å². The molecule has 0 aromatic heterocycles. The molecule has 6 nitrogen and oxygen atoms in total. The second kappa shape index (κ2) is 67.5. The summed E-state index contributed by atoms with van der Waals surface area (Å²) in [6.45, 7) is 6.28. The fraction of sp³-hybridized carbons (Fsp3) is 0.613. The zero-order chi connectivity index (χ0) is 58.5. The summed E-state index contributed by atoms with van der Waals surface area (Å²) in [6, 6.07) is 0. The van der Waals surface area contributed by atoms with E-state index in [2.05, 4.69) is 167 Å². The Kier molecular flexibility index (Phi) is 63.4. The predicted octanol–water partition coefficient (Wildman–Crippen LogP) is 22.9. The third-order valence-corrected chi connectivity index (χ3v) is 13.5. The number of allylic oxidation sites excluding steroid dienone is 25. The number of hydrogen-bond acceptors (Lipinski definition) is 6. The molecule has 0 aromatic carbocycles. The number of ether oxygens (including phenoxy) is 3. The lowest BCUT2D eigenvalue weighted by atomic mass is 10.0. The van der Waals surface area contributed by atoms with Gasteiger partial charge >= 0.3 is 17.9 Å². The fourth-order valence-electron chi connectivity index (χ4n) is 8.68. The highest BCUT2D eigenvalue weighted by Gasteiger charge is 2.19. The van der Waals surface area contributed by atoms with Crippen molar-refractivity contribution in [3.63, 3.8) is 0 Å². The Balaban J connectivity index is 4.51. The maximum atomic E-state index is 12.9. The van der Waals surface area contributed by atoms with E-state index in [1.165, 1.54) is 128 Å². The summed E-state index contributed by atoms with van der Waals surface area (Å²) in [7, 11) is 0. The highest BCUT2D eigenvalue weighted by atomic mass is 16.6. The molecule has 0 aliphatic rings. The van der Waals surface area contributed by atoms with Crippen LogP contribution in [0, 0.1) is 0 Å². The van der Waals surface area contributed by atoms with Gasteiger partial charge in [-0.3, -0.25) is 14.4 Å². The van der Waals surface area contributed by atoms with E-state index in [9.17, 15) is 14.4 Å². The molecule has 1 unspecified atom stereocenters. The first kappa shape index (κ1) is 76.0. The molecule has 0 saturated heterocycles. The number of rotatable bonds is 58. The van der Waals surface area contributed by atoms with Crippen LogP contribution in [0.4, 0.5) is 0 Å². The number of hydrogen-bond donors (Lipinski definition) is 0. The van der Waals surface area contributed by atoms with Gasteiger partial charge in [0.1, 0.15) is 13.2 Å². The van der Waals surface area contributed by atoms with E-state index in [1.54, 1.807) is 6.08 Å². The maximum absolute atomic E-state index is 12.9. The summed E-state index contributed by atoms with van der Waals surface area (Å²) in [5.41, 5.74) is 0. The minimum Gasteiger partial charge on any atom is -0.462 e. The smallest absolute Gasteiger partial charge is 0.309 e. The third kappa shape index (κ3) is 65.7. The molecule has 0 N–H and O–H groups in total. The highest BCUT2D eigenvalue weighted by Crippen LogP contribution is 2.15. The average molecular weight is 1120 g/mol. The zero-order valence-electron chi connectivity index (χ0n) is 52.2. The van der Waals surface area contributed by atoms with E-state index in [0.29, 0.717) is 12.8 Å². The summed E-state index contributed by atoms with van der Waals surface area (Å²) in [5.74, 6) is -1.13. The van der Waals surface area contributed by atoms with Crippen LogP contribution in [0.2, 0.25) is 0 Å². The average Bonchev–Trinajstić information content (AvgIpc) is 3.47. The zero-order valence-corrected chi connectivity index (χ0v) is 52.2. The van der Waals surface area contributed by atoms with E-state index in [4.69, 9.17) is 14.2 Å². The van der Waals surface area contributed by atoms with Crippen molar-refractivity contribution >= 4 is 17.9 Å². The lowest BCUT2D eigenvalue weighted by Gasteiger charge is -2.18. The Labute approximate surface area is 499 Å². The van der Waals surface area contributed by atoms with Crippen molar-refractivity contribution in [2.45, 2.75) is 284 Å². The molecule has 0 amide bonds. The lowest BCUT2D eigenvalue weighted by molar-refractivity contribution is -0.166. The second-order valence-corrected chi connectivity index (χ2v) is 21.3. The van der Waals surface area contributed by atoms with Gasteiger partial charge in [-0.15, -0.1) is 0 Å². The lowest BCUT2D eigenvalue weighted by Crippen LogP contribution is -2.30. The summed E-state index contributed by atoms with van der Waals surface area (Å²) in [5, 5.41) is 0. The van der Waals surface area contributed by atoms with Crippen LogP contribution in [0.1, 0.15) is 278 Å². The summed E-state index contributed by atoms with van der Waals surface area (Å²) in [4.78, 5) is 38.3. The van der Waals surface area contributed by atoms with Crippen molar-refractivity contribution in [2.24, 2.45) is 0 Å². The standard InChI is InChI=1S/C75H120O6/c1-4-7-10-13-16-19-22-25-28-30-32-34-36-37-39-40-42-44-47-50-53-56-59-62-65-68-74(77)80-71-72(70-79-73(76)67-64-61-58-55-52-49-46-27-24-21-18-15-12-9-6-3)81-75(78)69-66-63-60-57-54-51-48-45-43-41-38-35-33-31-29-26-23-20-17-14-11-8-5-2/h8-9,11-12,17-18,20-21,26-27,29-30,32-33,35,41,43,46,48,51-52,55,57,60-61,64,72H,4-7,10,13-16,19,22-25,28,31,34,36-40,42,44-45,47,49-50,53-54,56,58-59,62-63,65-71H2,1-3H3/b11-8-,12-9-,20-17-,21-18-,29-26-,32-30-,35-33-,43-41-,46-27-,51-48-,55-52-,60-57-,64-61-. The number of carbonyl (C=O) groups excluding carboxylic acids is 3. The molecular formula is C75H120O6. The molecule has 456 valence electrons. The molecule has 0 radical (unpaired) electrons. The van der Waals surface area contributed by atoms with E-state index in [0.717, 1.165) is 103 Å². The largest absolute Gasteiger partial charge is 0.462 e. The van der Waals surface area contributed by atoms with Gasteiger partial charge in [0.05, 0.1) is 6.42 Å². The first-order valence-electron chi connectivity index (χ1n) is 33.0. The highest BCUT2D eigenvalue weighted by molar-refractivity contribution is 5.72. The molecule has 0 aromatic rings. The molecular weight excluding hydrogens is 997 g/mol. The Bertz CT molecular complexity index is 1810. The first-order chi connectivity index (χ1) is 40.0. The molecule has 0 spiro atoms. The van der Waals surface area contributed by atoms with Crippen LogP contribution < -0.4 is 0 Å². The van der Waals surface area contributed by atoms with Crippen molar-refractivity contribution in [3.8, 4) is 0 Å². The van der Waals surface area contributed by atoms with Gasteiger partial charge in [-0.25, -0.2) is 0 Å². The molecule has 0 heterocycles. The van der Waals surface area contributed by atoms with Gasteiger partial charge in [0.15, 0.2) is 6.10 Å². The van der Waals surface area contributed by atoms with Crippen molar-refractivity contribution in [1.29, 1.82) is 0 Å². The fourth-order valence-corrected chi connectivity index (χ4v) is 8.68. The Morgan fingerprint density at radius 3 is 0.914 bits per heavy atom. The van der Waals surface area contributed by atoms with Gasteiger partial charge in [0.25, 0.3) is 0 Å². The van der Waals surface area contributed by atoms with Crippen molar-refractivity contribution in [1.82, 2.24) is 0 Å². The van der Waals surface area contributed by atoms with Crippen molar-refractivity contribution < 1.29 is 28.6 Å². The van der Waals surface area contributed by atoms with Crippen LogP contribution >= 0.6 is 0 Å². The van der Waals surface area contributed by atoms with E-state index >= 15 is 0 Å². The molecule has 0 aliphatic heterocycles. The van der Waals surface area contributed by atoms with Gasteiger partial charge in [0.2, 0.25) is 0 Å². The van der Waals surface area contributed by atoms with Crippen LogP contribution in [-0.2, 0) is 28.6 Å². The third-order valence-electron chi connectivity index (χ3n) is 13.5. The second-order valence-electron chi connectivity index (χ2n) is 21.3. The first-order valence-corrected chi connectivity index (χ1v) is 33.0. The molecule has 0 aliphatic carbocycles. The van der Waals surface area contributed by atoms with E-state index < -0.39 is 18.0 Å². The van der Waals surface area contributed by atoms with Gasteiger partial charge in [-0.05, 0) is 122 Å². The number of unbranched alkanes of at least 4 members (excludes halogenated alkanes) is 22. The quantitative estimate of drug-likeness (QED) is 0.0261. The Morgan fingerprint density at radius 2 is 0.543 bits per heavy atom. The molecule has 0 fully saturated rings. The molecule has 1 atom stereocenters. The summed E-state index contributed by atoms with van der Waals surface area (Å²) in [6.07, 6.45) is 98.6. The Hall–Kier alpha value is -4.97. The van der Waals surface area contributed by atoms with Gasteiger partial charge in [-0.2, -0.15) is 0 Å². The van der Waals surface area contributed by atoms with Crippen LogP contribution in [0.5, 0.6) is 0 Å². The van der Waals surface area contributed by atoms with E-state index in [-0.39, 0.29) is 32.0 Å². The minimum absolute atomic E-state index is 0.108. The molecule has 0 rings (SSSR count). The molecule has 0 bridgehead atoms. The molecule has 0 saturated carbocycles. The predicted molar refractivity (Wildman–Crippen MR) is 352 cm³/mol. The minimum atomic E-state index is -0.858. The van der Waals surface area contributed by atoms with Crippen LogP contribution in [0.15, 0.2) is 158 Å². The van der Waals surface area contributed by atoms with Crippen LogP contribution in [-0.4, -0.2) is 37.2 Å². The monoisotopic (exact) mass is 1120 g/mol. The maximum Gasteiger partial charge on any atom is 0.309 e. The van der Waals surface area contributed by atoms with E-state index in [1.807, 2.05) is 6.08 Å². The van der Waals surface area contributed by atoms with Crippen LogP contribution in [0.3, 0.4) is 0 Å². The van der Waals surface area contributed by atoms with Gasteiger partial charge in [-0.1, -0.05) is 294 Å². The summed E-state index contributed by atoms with van der Waals surface area (Å²) < 4.78 is 16.8.